The molecule has 4 heterocycles. The number of hydrogen-bond donors (Lipinski definition) is 0. The Labute approximate surface area is 220 Å². The van der Waals surface area contributed by atoms with Crippen LogP contribution in [0.1, 0.15) is 22.4 Å². The minimum Gasteiger partial charge on any atom is -0.461 e. The summed E-state index contributed by atoms with van der Waals surface area (Å²) in [7, 11) is 0. The van der Waals surface area contributed by atoms with Crippen LogP contribution >= 0.6 is 23.1 Å². The molecule has 2 amide bonds. The highest BCUT2D eigenvalue weighted by Gasteiger charge is 2.27. The van der Waals surface area contributed by atoms with Crippen molar-refractivity contribution in [3.8, 4) is 17.3 Å². The minimum absolute atomic E-state index is 0.161. The van der Waals surface area contributed by atoms with Crippen LogP contribution in [0.3, 0.4) is 0 Å². The van der Waals surface area contributed by atoms with E-state index in [1.54, 1.807) is 57.2 Å². The van der Waals surface area contributed by atoms with Gasteiger partial charge in [0.1, 0.15) is 16.5 Å². The number of carbonyl (C=O) groups excluding carboxylic acids is 2. The highest BCUT2D eigenvalue weighted by atomic mass is 32.2. The van der Waals surface area contributed by atoms with Crippen LogP contribution in [0, 0.1) is 5.82 Å². The monoisotopic (exact) mass is 542 g/mol. The summed E-state index contributed by atoms with van der Waals surface area (Å²) >= 11 is 2.80. The predicted molar refractivity (Wildman–Crippen MR) is 135 cm³/mol. The molecule has 0 N–H and O–H groups in total. The topological polar surface area (TPSA) is 107 Å². The van der Waals surface area contributed by atoms with Crippen LogP contribution in [0.25, 0.3) is 17.3 Å². The summed E-state index contributed by atoms with van der Waals surface area (Å²) in [5.41, 5.74) is 1.07. The van der Waals surface area contributed by atoms with Crippen molar-refractivity contribution in [2.45, 2.75) is 17.8 Å². The lowest BCUT2D eigenvalue weighted by atomic mass is 10.3. The lowest BCUT2D eigenvalue weighted by Gasteiger charge is -2.33. The molecule has 3 aromatic heterocycles. The van der Waals surface area contributed by atoms with E-state index in [0.717, 1.165) is 5.01 Å². The SMILES string of the molecule is CCOC(=O)N1CCN(C(=O)c2csc(CSc3nnc(-c4ccco4)n3-c3ccc(F)cc3)n2)CC1. The zero-order valence-corrected chi connectivity index (χ0v) is 21.5. The Hall–Kier alpha value is -3.71. The van der Waals surface area contributed by atoms with Crippen molar-refractivity contribution in [1.82, 2.24) is 29.5 Å². The van der Waals surface area contributed by atoms with Gasteiger partial charge in [0.05, 0.1) is 24.3 Å². The molecule has 0 radical (unpaired) electrons. The standard InChI is InChI=1S/C24H23FN6O4S2/c1-2-34-24(33)30-11-9-29(10-12-30)22(32)18-14-36-20(26-18)15-37-23-28-27-21(19-4-3-13-35-19)31(23)17-7-5-16(25)6-8-17/h3-8,13-14H,2,9-12,15H2,1H3. The third-order valence-corrected chi connectivity index (χ3v) is 7.62. The van der Waals surface area contributed by atoms with Crippen molar-refractivity contribution in [3.05, 3.63) is 64.6 Å². The van der Waals surface area contributed by atoms with Gasteiger partial charge in [-0.05, 0) is 43.3 Å². The zero-order valence-electron chi connectivity index (χ0n) is 19.9. The molecule has 1 aromatic carbocycles. The molecule has 13 heteroatoms. The summed E-state index contributed by atoms with van der Waals surface area (Å²) in [6.45, 7) is 3.79. The van der Waals surface area contributed by atoms with Crippen molar-refractivity contribution in [3.63, 3.8) is 0 Å². The molecule has 0 unspecified atom stereocenters. The summed E-state index contributed by atoms with van der Waals surface area (Å²) in [6, 6.07) is 9.59. The fourth-order valence-corrected chi connectivity index (χ4v) is 5.56. The Bertz CT molecular complexity index is 1360. The number of piperazine rings is 1. The maximum absolute atomic E-state index is 13.5. The molecule has 5 rings (SSSR count). The lowest BCUT2D eigenvalue weighted by Crippen LogP contribution is -2.50. The van der Waals surface area contributed by atoms with Crippen LogP contribution < -0.4 is 0 Å². The van der Waals surface area contributed by atoms with Gasteiger partial charge in [-0.15, -0.1) is 21.5 Å². The van der Waals surface area contributed by atoms with E-state index < -0.39 is 0 Å². The Kier molecular flexibility index (Phi) is 7.51. The molecule has 0 saturated carbocycles. The maximum atomic E-state index is 13.5. The van der Waals surface area contributed by atoms with Crippen LogP contribution in [-0.4, -0.2) is 74.3 Å². The van der Waals surface area contributed by atoms with Crippen molar-refractivity contribution < 1.29 is 23.1 Å². The first-order valence-electron chi connectivity index (χ1n) is 11.6. The van der Waals surface area contributed by atoms with Gasteiger partial charge in [-0.25, -0.2) is 14.2 Å². The van der Waals surface area contributed by atoms with Crippen LogP contribution in [0.2, 0.25) is 0 Å². The second kappa shape index (κ2) is 11.1. The molecule has 192 valence electrons. The Morgan fingerprint density at radius 1 is 1.11 bits per heavy atom. The Balaban J connectivity index is 1.26. The van der Waals surface area contributed by atoms with E-state index in [2.05, 4.69) is 15.2 Å². The van der Waals surface area contributed by atoms with E-state index in [9.17, 15) is 14.0 Å². The third-order valence-electron chi connectivity index (χ3n) is 5.65. The number of hydrogen-bond acceptors (Lipinski definition) is 9. The van der Waals surface area contributed by atoms with E-state index >= 15 is 0 Å². The fraction of sp³-hybridized carbons (Fsp3) is 0.292. The highest BCUT2D eigenvalue weighted by Crippen LogP contribution is 2.31. The second-order valence-electron chi connectivity index (χ2n) is 7.99. The first-order chi connectivity index (χ1) is 18.0. The lowest BCUT2D eigenvalue weighted by molar-refractivity contribution is 0.0566. The first kappa shape index (κ1) is 25.0. The number of aromatic nitrogens is 4. The largest absolute Gasteiger partial charge is 0.461 e. The van der Waals surface area contributed by atoms with Gasteiger partial charge >= 0.3 is 6.09 Å². The van der Waals surface area contributed by atoms with Crippen LogP contribution in [0.5, 0.6) is 0 Å². The third kappa shape index (κ3) is 5.52. The maximum Gasteiger partial charge on any atom is 0.409 e. The van der Waals surface area contributed by atoms with Crippen LogP contribution in [-0.2, 0) is 10.5 Å². The average molecular weight is 543 g/mol. The molecule has 1 aliphatic rings. The number of benzene rings is 1. The summed E-state index contributed by atoms with van der Waals surface area (Å²) in [4.78, 5) is 32.7. The van der Waals surface area contributed by atoms with Gasteiger partial charge in [0.2, 0.25) is 5.82 Å². The van der Waals surface area contributed by atoms with Crippen molar-refractivity contribution in [1.29, 1.82) is 0 Å². The minimum atomic E-state index is -0.355. The van der Waals surface area contributed by atoms with Gasteiger partial charge in [-0.3, -0.25) is 9.36 Å². The quantitative estimate of drug-likeness (QED) is 0.318. The number of amides is 2. The molecule has 0 atom stereocenters. The summed E-state index contributed by atoms with van der Waals surface area (Å²) in [6.07, 6.45) is 1.20. The molecular weight excluding hydrogens is 519 g/mol. The molecule has 0 bridgehead atoms. The molecule has 1 fully saturated rings. The van der Waals surface area contributed by atoms with Crippen molar-refractivity contribution in [2.75, 3.05) is 32.8 Å². The van der Waals surface area contributed by atoms with E-state index in [1.807, 2.05) is 0 Å². The van der Waals surface area contributed by atoms with Crippen LogP contribution in [0.15, 0.2) is 57.6 Å². The molecule has 10 nitrogen and oxygen atoms in total. The zero-order chi connectivity index (χ0) is 25.8. The van der Waals surface area contributed by atoms with E-state index in [0.29, 0.717) is 66.7 Å². The van der Waals surface area contributed by atoms with E-state index in [1.165, 1.54) is 35.2 Å². The number of furan rings is 1. The Morgan fingerprint density at radius 3 is 2.57 bits per heavy atom. The van der Waals surface area contributed by atoms with Crippen molar-refractivity contribution >= 4 is 35.1 Å². The van der Waals surface area contributed by atoms with Gasteiger partial charge in [-0.1, -0.05) is 11.8 Å². The van der Waals surface area contributed by atoms with Gasteiger partial charge < -0.3 is 19.0 Å². The summed E-state index contributed by atoms with van der Waals surface area (Å²) < 4.78 is 25.9. The van der Waals surface area contributed by atoms with E-state index in [-0.39, 0.29) is 17.8 Å². The van der Waals surface area contributed by atoms with Crippen LogP contribution in [0.4, 0.5) is 9.18 Å². The van der Waals surface area contributed by atoms with Gasteiger partial charge in [-0.2, -0.15) is 0 Å². The van der Waals surface area contributed by atoms with Gasteiger partial charge in [0.15, 0.2) is 10.9 Å². The molecule has 1 aliphatic heterocycles. The molecule has 0 aliphatic carbocycles. The molecular formula is C24H23FN6O4S2. The number of nitrogens with zero attached hydrogens (tertiary/aromatic N) is 6. The Morgan fingerprint density at radius 2 is 1.86 bits per heavy atom. The van der Waals surface area contributed by atoms with Gasteiger partial charge in [0.25, 0.3) is 5.91 Å². The number of carbonyl (C=O) groups is 2. The number of ether oxygens (including phenoxy) is 1. The molecule has 0 spiro atoms. The van der Waals surface area contributed by atoms with Crippen molar-refractivity contribution in [2.24, 2.45) is 0 Å². The average Bonchev–Trinajstić information content (AvgIpc) is 3.69. The molecule has 37 heavy (non-hydrogen) atoms. The molecule has 1 saturated heterocycles. The summed E-state index contributed by atoms with van der Waals surface area (Å²) in [5.74, 6) is 0.995. The number of rotatable bonds is 7. The number of halogens is 1. The van der Waals surface area contributed by atoms with Gasteiger partial charge in [0, 0.05) is 31.6 Å². The first-order valence-corrected chi connectivity index (χ1v) is 13.4. The second-order valence-corrected chi connectivity index (χ2v) is 9.87. The predicted octanol–water partition coefficient (Wildman–Crippen LogP) is 4.33. The fourth-order valence-electron chi connectivity index (χ4n) is 3.82. The summed E-state index contributed by atoms with van der Waals surface area (Å²) in [5, 5.41) is 11.7. The number of thiazole rings is 1. The number of thioether (sulfide) groups is 1. The smallest absolute Gasteiger partial charge is 0.409 e. The molecule has 4 aromatic rings. The normalized spacial score (nSPS) is 13.7. The van der Waals surface area contributed by atoms with E-state index in [4.69, 9.17) is 9.15 Å². The highest BCUT2D eigenvalue weighted by molar-refractivity contribution is 7.98.